The largest absolute Gasteiger partial charge is 0.358 e. The van der Waals surface area contributed by atoms with Crippen LogP contribution >= 0.6 is 0 Å². The summed E-state index contributed by atoms with van der Waals surface area (Å²) in [7, 11) is 0. The molecule has 2 aromatic rings. The summed E-state index contributed by atoms with van der Waals surface area (Å²) in [5.41, 5.74) is 6.02. The van der Waals surface area contributed by atoms with Gasteiger partial charge in [0.05, 0.1) is 6.42 Å². The number of aromatic amines is 1. The number of nitrogens with one attached hydrogen (secondary N) is 1. The van der Waals surface area contributed by atoms with Gasteiger partial charge in [-0.1, -0.05) is 18.6 Å². The van der Waals surface area contributed by atoms with Crippen LogP contribution in [-0.4, -0.2) is 52.9 Å². The van der Waals surface area contributed by atoms with Crippen LogP contribution in [0.15, 0.2) is 12.1 Å². The molecule has 0 unspecified atom stereocenters. The van der Waals surface area contributed by atoms with Crippen molar-refractivity contribution >= 4 is 16.8 Å². The lowest BCUT2D eigenvalue weighted by molar-refractivity contribution is -0.134. The maximum absolute atomic E-state index is 13.0. The lowest BCUT2D eigenvalue weighted by Crippen LogP contribution is -2.56. The maximum Gasteiger partial charge on any atom is 0.227 e. The Balaban J connectivity index is 1.56. The average molecular weight is 339 g/mol. The van der Waals surface area contributed by atoms with Crippen molar-refractivity contribution in [2.45, 2.75) is 52.5 Å². The summed E-state index contributed by atoms with van der Waals surface area (Å²) >= 11 is 0. The fourth-order valence-electron chi connectivity index (χ4n) is 4.68. The van der Waals surface area contributed by atoms with E-state index in [1.807, 2.05) is 0 Å². The van der Waals surface area contributed by atoms with E-state index in [4.69, 9.17) is 0 Å². The zero-order valence-corrected chi connectivity index (χ0v) is 15.7. The van der Waals surface area contributed by atoms with E-state index in [9.17, 15) is 4.79 Å². The summed E-state index contributed by atoms with van der Waals surface area (Å²) in [5, 5.41) is 1.25. The van der Waals surface area contributed by atoms with E-state index < -0.39 is 0 Å². The van der Waals surface area contributed by atoms with Crippen molar-refractivity contribution in [2.24, 2.45) is 0 Å². The Morgan fingerprint density at radius 2 is 1.92 bits per heavy atom. The number of nitrogens with zero attached hydrogens (tertiary/aromatic N) is 2. The monoisotopic (exact) mass is 339 g/mol. The number of rotatable bonds is 2. The highest BCUT2D eigenvalue weighted by atomic mass is 16.2. The van der Waals surface area contributed by atoms with Gasteiger partial charge in [-0.05, 0) is 56.8 Å². The minimum atomic E-state index is 0.287. The number of piperazine rings is 1. The summed E-state index contributed by atoms with van der Waals surface area (Å²) in [6, 6.07) is 4.90. The van der Waals surface area contributed by atoms with E-state index in [-0.39, 0.29) is 5.91 Å². The van der Waals surface area contributed by atoms with Crippen molar-refractivity contribution in [1.82, 2.24) is 14.8 Å². The summed E-state index contributed by atoms with van der Waals surface area (Å²) in [5.74, 6) is 0.287. The van der Waals surface area contributed by atoms with Gasteiger partial charge < -0.3 is 9.88 Å². The second kappa shape index (κ2) is 6.49. The molecule has 1 aromatic heterocycles. The highest BCUT2D eigenvalue weighted by molar-refractivity contribution is 5.93. The second-order valence-electron chi connectivity index (χ2n) is 7.88. The van der Waals surface area contributed by atoms with Gasteiger partial charge in [-0.15, -0.1) is 0 Å². The third-order valence-corrected chi connectivity index (χ3v) is 6.21. The van der Waals surface area contributed by atoms with Crippen LogP contribution in [0.1, 0.15) is 41.6 Å². The van der Waals surface area contributed by atoms with Crippen molar-refractivity contribution in [3.63, 3.8) is 0 Å². The smallest absolute Gasteiger partial charge is 0.227 e. The highest BCUT2D eigenvalue weighted by Gasteiger charge is 2.31. The Labute approximate surface area is 150 Å². The van der Waals surface area contributed by atoms with Crippen LogP contribution in [0.25, 0.3) is 10.9 Å². The first kappa shape index (κ1) is 16.6. The number of amides is 1. The average Bonchev–Trinajstić information content (AvgIpc) is 2.95. The Kier molecular flexibility index (Phi) is 4.32. The van der Waals surface area contributed by atoms with Crippen molar-refractivity contribution in [3.8, 4) is 0 Å². The number of H-pyrrole nitrogens is 1. The maximum atomic E-state index is 13.0. The van der Waals surface area contributed by atoms with E-state index in [1.54, 1.807) is 0 Å². The van der Waals surface area contributed by atoms with Crippen LogP contribution < -0.4 is 0 Å². The van der Waals surface area contributed by atoms with Crippen LogP contribution in [0, 0.1) is 20.8 Å². The second-order valence-corrected chi connectivity index (χ2v) is 7.88. The minimum absolute atomic E-state index is 0.287. The van der Waals surface area contributed by atoms with E-state index >= 15 is 0 Å². The van der Waals surface area contributed by atoms with Crippen molar-refractivity contribution in [3.05, 3.63) is 34.5 Å². The predicted octanol–water partition coefficient (Wildman–Crippen LogP) is 3.33. The van der Waals surface area contributed by atoms with Gasteiger partial charge >= 0.3 is 0 Å². The lowest BCUT2D eigenvalue weighted by atomic mass is 9.98. The SMILES string of the molecule is Cc1[nH]c2c(C)ccc(C)c2c1CC(=O)N1CCN2CCCC[C@H]2C1. The minimum Gasteiger partial charge on any atom is -0.358 e. The predicted molar refractivity (Wildman–Crippen MR) is 102 cm³/mol. The highest BCUT2D eigenvalue weighted by Crippen LogP contribution is 2.29. The molecule has 3 heterocycles. The summed E-state index contributed by atoms with van der Waals surface area (Å²) in [4.78, 5) is 21.2. The van der Waals surface area contributed by atoms with Crippen molar-refractivity contribution < 1.29 is 4.79 Å². The van der Waals surface area contributed by atoms with Crippen LogP contribution in [0.2, 0.25) is 0 Å². The van der Waals surface area contributed by atoms with Gasteiger partial charge in [0.25, 0.3) is 0 Å². The fourth-order valence-corrected chi connectivity index (χ4v) is 4.68. The molecular formula is C21H29N3O. The first-order valence-corrected chi connectivity index (χ1v) is 9.64. The quantitative estimate of drug-likeness (QED) is 0.911. The number of aryl methyl sites for hydroxylation is 3. The zero-order valence-electron chi connectivity index (χ0n) is 15.7. The Morgan fingerprint density at radius 3 is 2.76 bits per heavy atom. The Morgan fingerprint density at radius 1 is 1.12 bits per heavy atom. The summed E-state index contributed by atoms with van der Waals surface area (Å²) < 4.78 is 0. The number of fused-ring (bicyclic) bond motifs is 2. The Hall–Kier alpha value is -1.81. The molecule has 4 rings (SSSR count). The number of hydrogen-bond donors (Lipinski definition) is 1. The van der Waals surface area contributed by atoms with Crippen LogP contribution in [-0.2, 0) is 11.2 Å². The fraction of sp³-hybridized carbons (Fsp3) is 0.571. The molecule has 2 fully saturated rings. The molecule has 1 N–H and O–H groups in total. The molecule has 0 spiro atoms. The molecule has 2 aliphatic rings. The number of carbonyl (C=O) groups is 1. The molecule has 1 amide bonds. The summed E-state index contributed by atoms with van der Waals surface area (Å²) in [6.45, 7) is 10.4. The van der Waals surface area contributed by atoms with Gasteiger partial charge in [-0.2, -0.15) is 0 Å². The normalized spacial score (nSPS) is 21.6. The molecular weight excluding hydrogens is 310 g/mol. The topological polar surface area (TPSA) is 39.3 Å². The first-order chi connectivity index (χ1) is 12.0. The third kappa shape index (κ3) is 2.97. The van der Waals surface area contributed by atoms with E-state index in [2.05, 4.69) is 47.7 Å². The van der Waals surface area contributed by atoms with Crippen molar-refractivity contribution in [2.75, 3.05) is 26.2 Å². The number of hydrogen-bond acceptors (Lipinski definition) is 2. The summed E-state index contributed by atoms with van der Waals surface area (Å²) in [6.07, 6.45) is 4.39. The molecule has 1 aromatic carbocycles. The standard InChI is InChI=1S/C21H29N3O/c1-14-7-8-15(2)21-20(14)18(16(3)22-21)12-19(25)24-11-10-23-9-5-4-6-17(23)13-24/h7-8,17,22H,4-6,9-13H2,1-3H3/t17-/m0/s1. The van der Waals surface area contributed by atoms with E-state index in [0.29, 0.717) is 12.5 Å². The number of carbonyl (C=O) groups excluding carboxylic acids is 1. The van der Waals surface area contributed by atoms with Crippen LogP contribution in [0.5, 0.6) is 0 Å². The molecule has 1 atom stereocenters. The van der Waals surface area contributed by atoms with Gasteiger partial charge in [0, 0.05) is 42.3 Å². The van der Waals surface area contributed by atoms with E-state index in [1.165, 1.54) is 53.4 Å². The van der Waals surface area contributed by atoms with Gasteiger partial charge in [0.15, 0.2) is 0 Å². The molecule has 0 bridgehead atoms. The molecule has 0 saturated carbocycles. The van der Waals surface area contributed by atoms with Crippen LogP contribution in [0.4, 0.5) is 0 Å². The molecule has 25 heavy (non-hydrogen) atoms. The lowest BCUT2D eigenvalue weighted by Gasteiger charge is -2.44. The van der Waals surface area contributed by atoms with Crippen molar-refractivity contribution in [1.29, 1.82) is 0 Å². The van der Waals surface area contributed by atoms with Gasteiger partial charge in [0.2, 0.25) is 5.91 Å². The number of piperidine rings is 1. The van der Waals surface area contributed by atoms with Gasteiger partial charge in [0.1, 0.15) is 0 Å². The molecule has 4 heteroatoms. The molecule has 4 nitrogen and oxygen atoms in total. The van der Waals surface area contributed by atoms with Gasteiger partial charge in [-0.3, -0.25) is 9.69 Å². The number of benzene rings is 1. The molecule has 0 aliphatic carbocycles. The molecule has 2 saturated heterocycles. The molecule has 0 radical (unpaired) electrons. The number of aromatic nitrogens is 1. The molecule has 134 valence electrons. The van der Waals surface area contributed by atoms with Gasteiger partial charge in [-0.25, -0.2) is 0 Å². The zero-order chi connectivity index (χ0) is 17.6. The van der Waals surface area contributed by atoms with Crippen LogP contribution in [0.3, 0.4) is 0 Å². The first-order valence-electron chi connectivity index (χ1n) is 9.64. The van der Waals surface area contributed by atoms with E-state index in [0.717, 1.165) is 25.3 Å². The molecule has 2 aliphatic heterocycles. The third-order valence-electron chi connectivity index (χ3n) is 6.21. The Bertz CT molecular complexity index is 807.